The summed E-state index contributed by atoms with van der Waals surface area (Å²) in [6.07, 6.45) is 2.62. The van der Waals surface area contributed by atoms with Crippen LogP contribution in [0, 0.1) is 6.92 Å². The van der Waals surface area contributed by atoms with E-state index in [2.05, 4.69) is 15.5 Å². The van der Waals surface area contributed by atoms with Crippen molar-refractivity contribution in [2.24, 2.45) is 5.73 Å². The number of anilines is 1. The van der Waals surface area contributed by atoms with E-state index in [1.165, 1.54) is 0 Å². The van der Waals surface area contributed by atoms with Crippen LogP contribution in [0.2, 0.25) is 0 Å². The van der Waals surface area contributed by atoms with Crippen LogP contribution in [0.5, 0.6) is 0 Å². The van der Waals surface area contributed by atoms with Crippen molar-refractivity contribution >= 4 is 23.4 Å². The normalized spacial score (nSPS) is 12.1. The van der Waals surface area contributed by atoms with Crippen LogP contribution in [0.25, 0.3) is 11.5 Å². The average Bonchev–Trinajstić information content (AvgIpc) is 2.91. The van der Waals surface area contributed by atoms with Crippen molar-refractivity contribution in [1.82, 2.24) is 10.1 Å². The zero-order valence-electron chi connectivity index (χ0n) is 12.0. The van der Waals surface area contributed by atoms with Crippen molar-refractivity contribution in [1.29, 1.82) is 0 Å². The van der Waals surface area contributed by atoms with Gasteiger partial charge < -0.3 is 15.6 Å². The first-order valence-corrected chi connectivity index (χ1v) is 7.96. The van der Waals surface area contributed by atoms with Crippen LogP contribution < -0.4 is 11.1 Å². The fourth-order valence-electron chi connectivity index (χ4n) is 1.79. The Morgan fingerprint density at radius 1 is 1.48 bits per heavy atom. The molecule has 1 aromatic heterocycles. The van der Waals surface area contributed by atoms with Gasteiger partial charge in [0.05, 0.1) is 17.3 Å². The number of thioether (sulfide) groups is 1. The fraction of sp³-hybridized carbons (Fsp3) is 0.357. The Bertz CT molecular complexity index is 615. The van der Waals surface area contributed by atoms with E-state index < -0.39 is 6.04 Å². The van der Waals surface area contributed by atoms with Crippen LogP contribution in [-0.4, -0.2) is 34.1 Å². The molecule has 0 spiro atoms. The third-order valence-corrected chi connectivity index (χ3v) is 3.56. The zero-order valence-corrected chi connectivity index (χ0v) is 12.8. The van der Waals surface area contributed by atoms with Crippen LogP contribution in [0.4, 0.5) is 5.69 Å². The summed E-state index contributed by atoms with van der Waals surface area (Å²) in [5, 5.41) is 6.59. The lowest BCUT2D eigenvalue weighted by Gasteiger charge is -2.13. The SMILES string of the molecule is CSCC[C@@H](N)C(=O)Nc1ccccc1-c1nc(C)no1. The van der Waals surface area contributed by atoms with Gasteiger partial charge >= 0.3 is 0 Å². The molecule has 1 atom stereocenters. The maximum absolute atomic E-state index is 12.1. The van der Waals surface area contributed by atoms with Gasteiger partial charge in [-0.3, -0.25) is 4.79 Å². The quantitative estimate of drug-likeness (QED) is 0.848. The minimum atomic E-state index is -0.532. The second-order valence-corrected chi connectivity index (χ2v) is 5.56. The predicted molar refractivity (Wildman–Crippen MR) is 84.1 cm³/mol. The van der Waals surface area contributed by atoms with Crippen molar-refractivity contribution in [2.75, 3.05) is 17.3 Å². The highest BCUT2D eigenvalue weighted by molar-refractivity contribution is 7.98. The molecule has 0 fully saturated rings. The number of hydrogen-bond acceptors (Lipinski definition) is 6. The third-order valence-electron chi connectivity index (χ3n) is 2.91. The molecule has 0 aliphatic rings. The van der Waals surface area contributed by atoms with Gasteiger partial charge in [-0.2, -0.15) is 16.7 Å². The van der Waals surface area contributed by atoms with Gasteiger partial charge in [-0.15, -0.1) is 0 Å². The van der Waals surface area contributed by atoms with Crippen molar-refractivity contribution < 1.29 is 9.32 Å². The molecule has 6 nitrogen and oxygen atoms in total. The van der Waals surface area contributed by atoms with Crippen molar-refractivity contribution in [3.63, 3.8) is 0 Å². The number of nitrogens with two attached hydrogens (primary N) is 1. The number of aryl methyl sites for hydroxylation is 1. The summed E-state index contributed by atoms with van der Waals surface area (Å²) in [5.74, 6) is 1.55. The van der Waals surface area contributed by atoms with Crippen molar-refractivity contribution in [3.05, 3.63) is 30.1 Å². The second-order valence-electron chi connectivity index (χ2n) is 4.57. The first-order chi connectivity index (χ1) is 10.1. The van der Waals surface area contributed by atoms with Gasteiger partial charge in [0, 0.05) is 0 Å². The maximum atomic E-state index is 12.1. The molecule has 1 aromatic carbocycles. The first-order valence-electron chi connectivity index (χ1n) is 6.57. The van der Waals surface area contributed by atoms with E-state index in [0.717, 1.165) is 5.75 Å². The van der Waals surface area contributed by atoms with Gasteiger partial charge in [0.2, 0.25) is 5.91 Å². The number of para-hydroxylation sites is 1. The molecule has 0 aliphatic heterocycles. The molecule has 0 bridgehead atoms. The topological polar surface area (TPSA) is 94.0 Å². The lowest BCUT2D eigenvalue weighted by Crippen LogP contribution is -2.36. The highest BCUT2D eigenvalue weighted by atomic mass is 32.2. The summed E-state index contributed by atoms with van der Waals surface area (Å²) < 4.78 is 5.15. The molecule has 3 N–H and O–H groups in total. The standard InChI is InChI=1S/C14H18N4O2S/c1-9-16-14(20-18-9)10-5-3-4-6-12(10)17-13(19)11(15)7-8-21-2/h3-6,11H,7-8,15H2,1-2H3,(H,17,19)/t11-/m1/s1. The monoisotopic (exact) mass is 306 g/mol. The molecule has 21 heavy (non-hydrogen) atoms. The van der Waals surface area contributed by atoms with Crippen LogP contribution >= 0.6 is 11.8 Å². The Labute approximate surface area is 127 Å². The Hall–Kier alpha value is -1.86. The molecule has 1 amide bonds. The number of carbonyl (C=O) groups is 1. The molecule has 1 heterocycles. The Kier molecular flexibility index (Phi) is 5.35. The number of amides is 1. The summed E-state index contributed by atoms with van der Waals surface area (Å²) in [6, 6.07) is 6.74. The van der Waals surface area contributed by atoms with E-state index in [1.807, 2.05) is 24.5 Å². The fourth-order valence-corrected chi connectivity index (χ4v) is 2.28. The van der Waals surface area contributed by atoms with E-state index in [-0.39, 0.29) is 5.91 Å². The summed E-state index contributed by atoms with van der Waals surface area (Å²) in [4.78, 5) is 16.3. The molecular weight excluding hydrogens is 288 g/mol. The summed E-state index contributed by atoms with van der Waals surface area (Å²) >= 11 is 1.66. The first kappa shape index (κ1) is 15.5. The highest BCUT2D eigenvalue weighted by Crippen LogP contribution is 2.26. The number of benzene rings is 1. The molecule has 0 radical (unpaired) electrons. The zero-order chi connectivity index (χ0) is 15.2. The van der Waals surface area contributed by atoms with E-state index in [1.54, 1.807) is 24.8 Å². The van der Waals surface area contributed by atoms with E-state index in [0.29, 0.717) is 29.4 Å². The minimum Gasteiger partial charge on any atom is -0.334 e. The summed E-state index contributed by atoms with van der Waals surface area (Å²) in [7, 11) is 0. The third kappa shape index (κ3) is 4.05. The van der Waals surface area contributed by atoms with Gasteiger partial charge in [-0.1, -0.05) is 17.3 Å². The summed E-state index contributed by atoms with van der Waals surface area (Å²) in [5.41, 5.74) is 7.17. The molecular formula is C14H18N4O2S. The van der Waals surface area contributed by atoms with E-state index in [9.17, 15) is 4.79 Å². The number of aromatic nitrogens is 2. The largest absolute Gasteiger partial charge is 0.334 e. The second kappa shape index (κ2) is 7.24. The van der Waals surface area contributed by atoms with Crippen LogP contribution in [-0.2, 0) is 4.79 Å². The number of rotatable bonds is 6. The van der Waals surface area contributed by atoms with Crippen LogP contribution in [0.15, 0.2) is 28.8 Å². The molecule has 0 aliphatic carbocycles. The van der Waals surface area contributed by atoms with Crippen molar-refractivity contribution in [3.8, 4) is 11.5 Å². The molecule has 0 saturated heterocycles. The Morgan fingerprint density at radius 3 is 2.90 bits per heavy atom. The molecule has 2 aromatic rings. The van der Waals surface area contributed by atoms with E-state index in [4.69, 9.17) is 10.3 Å². The highest BCUT2D eigenvalue weighted by Gasteiger charge is 2.17. The molecule has 0 unspecified atom stereocenters. The lowest BCUT2D eigenvalue weighted by molar-refractivity contribution is -0.117. The van der Waals surface area contributed by atoms with Crippen LogP contribution in [0.1, 0.15) is 12.2 Å². The van der Waals surface area contributed by atoms with Crippen LogP contribution in [0.3, 0.4) is 0 Å². The van der Waals surface area contributed by atoms with Gasteiger partial charge in [-0.05, 0) is 37.5 Å². The number of nitrogens with one attached hydrogen (secondary N) is 1. The molecule has 2 rings (SSSR count). The smallest absolute Gasteiger partial charge is 0.260 e. The van der Waals surface area contributed by atoms with Gasteiger partial charge in [-0.25, -0.2) is 0 Å². The predicted octanol–water partition coefficient (Wildman–Crippen LogP) is 2.06. The Morgan fingerprint density at radius 2 is 2.24 bits per heavy atom. The Balaban J connectivity index is 2.15. The average molecular weight is 306 g/mol. The number of nitrogens with zero attached hydrogens (tertiary/aromatic N) is 2. The van der Waals surface area contributed by atoms with Gasteiger partial charge in [0.15, 0.2) is 5.82 Å². The van der Waals surface area contributed by atoms with Gasteiger partial charge in [0.25, 0.3) is 5.89 Å². The van der Waals surface area contributed by atoms with E-state index >= 15 is 0 Å². The lowest BCUT2D eigenvalue weighted by atomic mass is 10.1. The molecule has 112 valence electrons. The minimum absolute atomic E-state index is 0.215. The molecule has 7 heteroatoms. The maximum Gasteiger partial charge on any atom is 0.260 e. The number of hydrogen-bond donors (Lipinski definition) is 2. The number of carbonyl (C=O) groups excluding carboxylic acids is 1. The van der Waals surface area contributed by atoms with Crippen molar-refractivity contribution in [2.45, 2.75) is 19.4 Å². The summed E-state index contributed by atoms with van der Waals surface area (Å²) in [6.45, 7) is 1.74. The van der Waals surface area contributed by atoms with Gasteiger partial charge in [0.1, 0.15) is 0 Å². The molecule has 0 saturated carbocycles.